The topological polar surface area (TPSA) is 85.1 Å². The van der Waals surface area contributed by atoms with E-state index in [1.165, 1.54) is 0 Å². The molecule has 1 aromatic carbocycles. The van der Waals surface area contributed by atoms with Gasteiger partial charge in [0, 0.05) is 29.8 Å². The van der Waals surface area contributed by atoms with Crippen LogP contribution >= 0.6 is 11.5 Å². The van der Waals surface area contributed by atoms with Crippen LogP contribution in [0.5, 0.6) is 0 Å². The van der Waals surface area contributed by atoms with E-state index in [1.54, 1.807) is 13.1 Å². The number of carbonyl (C=O) groups excluding carboxylic acids is 1. The fourth-order valence-electron chi connectivity index (χ4n) is 2.50. The molecular formula is C17H14N6OS. The number of anilines is 1. The Balaban J connectivity index is 1.69. The van der Waals surface area contributed by atoms with Gasteiger partial charge in [0.1, 0.15) is 4.88 Å². The van der Waals surface area contributed by atoms with Gasteiger partial charge in [0.05, 0.1) is 11.4 Å². The predicted molar refractivity (Wildman–Crippen MR) is 95.8 cm³/mol. The largest absolute Gasteiger partial charge is 0.321 e. The first-order chi connectivity index (χ1) is 12.1. The third-order valence-electron chi connectivity index (χ3n) is 3.87. The zero-order valence-corrected chi connectivity index (χ0v) is 14.4. The number of carbonyl (C=O) groups is 1. The Labute approximate surface area is 147 Å². The highest BCUT2D eigenvalue weighted by molar-refractivity contribution is 7.08. The maximum Gasteiger partial charge on any atom is 0.269 e. The Morgan fingerprint density at radius 2 is 2.16 bits per heavy atom. The third kappa shape index (κ3) is 2.87. The second-order valence-corrected chi connectivity index (χ2v) is 6.38. The second-order valence-electron chi connectivity index (χ2n) is 5.62. The Kier molecular flexibility index (Phi) is 3.73. The van der Waals surface area contributed by atoms with Crippen LogP contribution < -0.4 is 5.32 Å². The van der Waals surface area contributed by atoms with Gasteiger partial charge in [-0.1, -0.05) is 16.6 Å². The van der Waals surface area contributed by atoms with E-state index in [4.69, 9.17) is 0 Å². The smallest absolute Gasteiger partial charge is 0.269 e. The number of aromatic nitrogens is 5. The summed E-state index contributed by atoms with van der Waals surface area (Å²) in [7, 11) is 0. The summed E-state index contributed by atoms with van der Waals surface area (Å²) >= 11 is 1.09. The van der Waals surface area contributed by atoms with Crippen LogP contribution in [0, 0.1) is 13.8 Å². The van der Waals surface area contributed by atoms with Crippen LogP contribution in [0.1, 0.15) is 20.9 Å². The molecule has 3 aromatic heterocycles. The van der Waals surface area contributed by atoms with Gasteiger partial charge in [-0.05, 0) is 43.1 Å². The lowest BCUT2D eigenvalue weighted by atomic mass is 10.1. The average Bonchev–Trinajstić information content (AvgIpc) is 3.22. The maximum atomic E-state index is 12.4. The number of nitrogens with zero attached hydrogens (tertiary/aromatic N) is 5. The van der Waals surface area contributed by atoms with Crippen molar-refractivity contribution in [2.24, 2.45) is 0 Å². The second kappa shape index (κ2) is 6.06. The zero-order chi connectivity index (χ0) is 17.4. The lowest BCUT2D eigenvalue weighted by molar-refractivity contribution is 0.102. The number of hydrogen-bond donors (Lipinski definition) is 1. The molecule has 0 aliphatic heterocycles. The van der Waals surface area contributed by atoms with Gasteiger partial charge >= 0.3 is 0 Å². The molecule has 8 heteroatoms. The summed E-state index contributed by atoms with van der Waals surface area (Å²) in [4.78, 5) is 21.7. The number of benzene rings is 1. The summed E-state index contributed by atoms with van der Waals surface area (Å²) in [5, 5.41) is 6.82. The minimum Gasteiger partial charge on any atom is -0.321 e. The Hall–Kier alpha value is -3.13. The van der Waals surface area contributed by atoms with E-state index >= 15 is 0 Å². The molecule has 0 unspecified atom stereocenters. The molecule has 0 bridgehead atoms. The van der Waals surface area contributed by atoms with E-state index in [9.17, 15) is 4.79 Å². The zero-order valence-electron chi connectivity index (χ0n) is 13.6. The van der Waals surface area contributed by atoms with Crippen molar-refractivity contribution in [3.05, 3.63) is 59.0 Å². The van der Waals surface area contributed by atoms with Crippen LogP contribution in [0.2, 0.25) is 0 Å². The van der Waals surface area contributed by atoms with Crippen molar-refractivity contribution in [1.82, 2.24) is 24.0 Å². The third-order valence-corrected chi connectivity index (χ3v) is 4.70. The van der Waals surface area contributed by atoms with Crippen LogP contribution in [-0.2, 0) is 0 Å². The van der Waals surface area contributed by atoms with Crippen molar-refractivity contribution in [3.8, 4) is 11.3 Å². The SMILES string of the molecule is Cc1ccc(-c2cn3cccnc3n2)cc1NC(=O)c1snnc1C. The monoisotopic (exact) mass is 350 g/mol. The Morgan fingerprint density at radius 3 is 2.92 bits per heavy atom. The Bertz CT molecular complexity index is 1050. The first-order valence-electron chi connectivity index (χ1n) is 7.63. The summed E-state index contributed by atoms with van der Waals surface area (Å²) in [5.41, 5.74) is 4.03. The van der Waals surface area contributed by atoms with Gasteiger partial charge in [-0.3, -0.25) is 9.20 Å². The predicted octanol–water partition coefficient (Wildman–Crippen LogP) is 3.12. The van der Waals surface area contributed by atoms with E-state index < -0.39 is 0 Å². The molecule has 0 aliphatic carbocycles. The highest BCUT2D eigenvalue weighted by Gasteiger charge is 2.15. The van der Waals surface area contributed by atoms with Crippen LogP contribution in [-0.4, -0.2) is 29.9 Å². The van der Waals surface area contributed by atoms with E-state index in [0.717, 1.165) is 34.0 Å². The lowest BCUT2D eigenvalue weighted by Gasteiger charge is -2.09. The number of rotatable bonds is 3. The normalized spacial score (nSPS) is 11.0. The summed E-state index contributed by atoms with van der Waals surface area (Å²) in [6.07, 6.45) is 5.52. The summed E-state index contributed by atoms with van der Waals surface area (Å²) in [6, 6.07) is 7.70. The lowest BCUT2D eigenvalue weighted by Crippen LogP contribution is -2.12. The molecule has 25 heavy (non-hydrogen) atoms. The quantitative estimate of drug-likeness (QED) is 0.613. The molecule has 1 N–H and O–H groups in total. The molecule has 0 radical (unpaired) electrons. The van der Waals surface area contributed by atoms with Crippen LogP contribution in [0.3, 0.4) is 0 Å². The molecule has 0 fully saturated rings. The van der Waals surface area contributed by atoms with Gasteiger partial charge in [-0.25, -0.2) is 9.97 Å². The van der Waals surface area contributed by atoms with Crippen molar-refractivity contribution in [1.29, 1.82) is 0 Å². The van der Waals surface area contributed by atoms with Gasteiger partial charge < -0.3 is 5.32 Å². The maximum absolute atomic E-state index is 12.4. The number of amides is 1. The highest BCUT2D eigenvalue weighted by atomic mass is 32.1. The van der Waals surface area contributed by atoms with Crippen molar-refractivity contribution < 1.29 is 4.79 Å². The van der Waals surface area contributed by atoms with Gasteiger partial charge in [-0.15, -0.1) is 5.10 Å². The first kappa shape index (κ1) is 15.4. The molecular weight excluding hydrogens is 336 g/mol. The summed E-state index contributed by atoms with van der Waals surface area (Å²) in [5.74, 6) is 0.430. The molecule has 0 atom stereocenters. The number of aryl methyl sites for hydroxylation is 2. The van der Waals surface area contributed by atoms with Crippen LogP contribution in [0.4, 0.5) is 5.69 Å². The molecule has 0 aliphatic rings. The first-order valence-corrected chi connectivity index (χ1v) is 8.40. The van der Waals surface area contributed by atoms with Crippen molar-refractivity contribution >= 4 is 28.9 Å². The van der Waals surface area contributed by atoms with Crippen molar-refractivity contribution in [3.63, 3.8) is 0 Å². The minimum absolute atomic E-state index is 0.204. The molecule has 7 nitrogen and oxygen atoms in total. The van der Waals surface area contributed by atoms with Crippen LogP contribution in [0.25, 0.3) is 17.0 Å². The molecule has 4 rings (SSSR count). The van der Waals surface area contributed by atoms with Gasteiger partial charge in [-0.2, -0.15) is 0 Å². The standard InChI is InChI=1S/C17H14N6OS/c1-10-4-5-12(14-9-23-7-3-6-18-17(23)20-14)8-13(10)19-16(24)15-11(2)21-22-25-15/h3-9H,1-2H3,(H,19,24). The molecule has 1 amide bonds. The van der Waals surface area contributed by atoms with E-state index in [1.807, 2.05) is 48.0 Å². The number of hydrogen-bond acceptors (Lipinski definition) is 6. The van der Waals surface area contributed by atoms with Crippen molar-refractivity contribution in [2.75, 3.05) is 5.32 Å². The van der Waals surface area contributed by atoms with Gasteiger partial charge in [0.2, 0.25) is 5.78 Å². The van der Waals surface area contributed by atoms with E-state index in [0.29, 0.717) is 16.3 Å². The number of imidazole rings is 1. The van der Waals surface area contributed by atoms with Gasteiger partial charge in [0.25, 0.3) is 5.91 Å². The number of nitrogens with one attached hydrogen (secondary N) is 1. The molecule has 0 saturated carbocycles. The fraction of sp³-hybridized carbons (Fsp3) is 0.118. The fourth-order valence-corrected chi connectivity index (χ4v) is 3.06. The van der Waals surface area contributed by atoms with Gasteiger partial charge in [0.15, 0.2) is 0 Å². The minimum atomic E-state index is -0.204. The van der Waals surface area contributed by atoms with Crippen LogP contribution in [0.15, 0.2) is 42.9 Å². The Morgan fingerprint density at radius 1 is 1.28 bits per heavy atom. The molecule has 3 heterocycles. The van der Waals surface area contributed by atoms with Crippen molar-refractivity contribution in [2.45, 2.75) is 13.8 Å². The molecule has 0 spiro atoms. The highest BCUT2D eigenvalue weighted by Crippen LogP contribution is 2.26. The molecule has 124 valence electrons. The average molecular weight is 350 g/mol. The number of fused-ring (bicyclic) bond motifs is 1. The summed E-state index contributed by atoms with van der Waals surface area (Å²) in [6.45, 7) is 3.72. The molecule has 4 aromatic rings. The molecule has 0 saturated heterocycles. The summed E-state index contributed by atoms with van der Waals surface area (Å²) < 4.78 is 5.67. The van der Waals surface area contributed by atoms with E-state index in [2.05, 4.69) is 24.9 Å². The van der Waals surface area contributed by atoms with E-state index in [-0.39, 0.29) is 5.91 Å².